The normalized spacial score (nSPS) is 8.52. The van der Waals surface area contributed by atoms with Gasteiger partial charge in [-0.2, -0.15) is 0 Å². The molecular weight excluding hydrogens is 351 g/mol. The third-order valence-electron chi connectivity index (χ3n) is 3.19. The van der Waals surface area contributed by atoms with Crippen molar-refractivity contribution in [1.29, 1.82) is 0 Å². The summed E-state index contributed by atoms with van der Waals surface area (Å²) in [6.45, 7) is 0. The van der Waals surface area contributed by atoms with Crippen molar-refractivity contribution in [2.45, 2.75) is 11.8 Å². The highest BCUT2D eigenvalue weighted by atomic mass is 35.5. The Labute approximate surface area is 158 Å². The number of halogens is 2. The molecule has 0 saturated heterocycles. The predicted octanol–water partition coefficient (Wildman–Crippen LogP) is 4.81. The zero-order valence-electron chi connectivity index (χ0n) is 13.2. The van der Waals surface area contributed by atoms with Gasteiger partial charge in [-0.05, 0) is 46.6 Å². The molecule has 0 aliphatic rings. The molecular formula is C22H12Cl2O. The molecule has 0 amide bonds. The van der Waals surface area contributed by atoms with Gasteiger partial charge in [0.25, 0.3) is 0 Å². The van der Waals surface area contributed by atoms with E-state index in [0.717, 1.165) is 22.3 Å². The highest BCUT2D eigenvalue weighted by Gasteiger charge is 2.11. The predicted molar refractivity (Wildman–Crippen MR) is 104 cm³/mol. The molecule has 3 heteroatoms. The summed E-state index contributed by atoms with van der Waals surface area (Å²) in [4.78, 5) is 0. The molecule has 25 heavy (non-hydrogen) atoms. The van der Waals surface area contributed by atoms with Crippen LogP contribution in [0.15, 0.2) is 42.5 Å². The number of benzene rings is 2. The fourth-order valence-corrected chi connectivity index (χ4v) is 2.53. The van der Waals surface area contributed by atoms with Crippen LogP contribution in [0.2, 0.25) is 0 Å². The molecule has 0 spiro atoms. The summed E-state index contributed by atoms with van der Waals surface area (Å²) in [5.74, 6) is 15.8. The Balaban J connectivity index is 2.32. The number of alkyl halides is 2. The van der Waals surface area contributed by atoms with E-state index in [1.165, 1.54) is 0 Å². The summed E-state index contributed by atoms with van der Waals surface area (Å²) < 4.78 is 5.47. The smallest absolute Gasteiger partial charge is 0.145 e. The van der Waals surface area contributed by atoms with Gasteiger partial charge in [-0.3, -0.25) is 0 Å². The summed E-state index contributed by atoms with van der Waals surface area (Å²) in [5.41, 5.74) is 3.85. The lowest BCUT2D eigenvalue weighted by Crippen LogP contribution is -1.95. The summed E-state index contributed by atoms with van der Waals surface area (Å²) in [7, 11) is 0. The van der Waals surface area contributed by atoms with Gasteiger partial charge in [-0.15, -0.1) is 29.6 Å². The van der Waals surface area contributed by atoms with E-state index < -0.39 is 0 Å². The van der Waals surface area contributed by atoms with Crippen LogP contribution >= 0.6 is 23.2 Å². The highest BCUT2D eigenvalue weighted by Crippen LogP contribution is 2.32. The molecule has 0 fully saturated rings. The first-order chi connectivity index (χ1) is 12.3. The van der Waals surface area contributed by atoms with Crippen LogP contribution in [0.4, 0.5) is 0 Å². The van der Waals surface area contributed by atoms with Crippen molar-refractivity contribution in [3.63, 3.8) is 0 Å². The van der Waals surface area contributed by atoms with Crippen LogP contribution in [0.3, 0.4) is 0 Å². The Bertz CT molecular complexity index is 966. The molecule has 0 N–H and O–H groups in total. The summed E-state index contributed by atoms with van der Waals surface area (Å²) in [6, 6.07) is 13.8. The fraction of sp³-hybridized carbons (Fsp3) is 0.0909. The van der Waals surface area contributed by atoms with Crippen molar-refractivity contribution in [3.05, 3.63) is 53.6 Å². The number of hydrogen-bond donors (Lipinski definition) is 0. The topological polar surface area (TPSA) is 9.23 Å². The Morgan fingerprint density at radius 1 is 0.840 bits per heavy atom. The molecule has 0 unspecified atom stereocenters. The minimum Gasteiger partial charge on any atom is -0.406 e. The van der Waals surface area contributed by atoms with Crippen molar-refractivity contribution >= 4 is 23.2 Å². The van der Waals surface area contributed by atoms with E-state index in [0.29, 0.717) is 17.5 Å². The van der Waals surface area contributed by atoms with Gasteiger partial charge in [0, 0.05) is 29.2 Å². The van der Waals surface area contributed by atoms with Crippen molar-refractivity contribution in [2.24, 2.45) is 0 Å². The number of rotatable bonds is 4. The van der Waals surface area contributed by atoms with Crippen LogP contribution in [-0.2, 0) is 11.8 Å². The van der Waals surface area contributed by atoms with Crippen molar-refractivity contribution in [2.75, 3.05) is 0 Å². The SMILES string of the molecule is C#CC#CC#CC#COc1cc(CCl)c(-c2ccccc2)cc1CCl. The monoisotopic (exact) mass is 362 g/mol. The third kappa shape index (κ3) is 5.28. The standard InChI is InChI=1S/C22H12Cl2O/c1-2-3-4-5-6-10-13-25-22-15-19(16-23)21(14-20(22)17-24)18-11-8-7-9-12-18/h1,7-9,11-12,14-15H,16-17H2. The van der Waals surface area contributed by atoms with Crippen LogP contribution in [0.25, 0.3) is 11.1 Å². The average Bonchev–Trinajstić information content (AvgIpc) is 2.67. The molecule has 2 rings (SSSR count). The van der Waals surface area contributed by atoms with Gasteiger partial charge in [0.05, 0.1) is 5.88 Å². The molecule has 0 aliphatic heterocycles. The van der Waals surface area contributed by atoms with E-state index in [-0.39, 0.29) is 0 Å². The van der Waals surface area contributed by atoms with E-state index in [4.69, 9.17) is 34.4 Å². The van der Waals surface area contributed by atoms with Gasteiger partial charge in [-0.25, -0.2) is 0 Å². The molecule has 120 valence electrons. The Morgan fingerprint density at radius 3 is 2.20 bits per heavy atom. The van der Waals surface area contributed by atoms with Crippen LogP contribution in [0, 0.1) is 48.1 Å². The second-order valence-electron chi connectivity index (χ2n) is 4.72. The molecule has 0 saturated carbocycles. The van der Waals surface area contributed by atoms with Crippen LogP contribution in [0.5, 0.6) is 5.75 Å². The molecule has 1 nitrogen and oxygen atoms in total. The second-order valence-corrected chi connectivity index (χ2v) is 5.26. The highest BCUT2D eigenvalue weighted by molar-refractivity contribution is 6.18. The maximum Gasteiger partial charge on any atom is 0.145 e. The van der Waals surface area contributed by atoms with E-state index in [2.05, 4.69) is 41.6 Å². The lowest BCUT2D eigenvalue weighted by molar-refractivity contribution is 0.514. The first kappa shape index (κ1) is 18.4. The quantitative estimate of drug-likeness (QED) is 0.560. The molecule has 0 bridgehead atoms. The van der Waals surface area contributed by atoms with E-state index in [1.807, 2.05) is 42.5 Å². The summed E-state index contributed by atoms with van der Waals surface area (Å²) in [5, 5.41) is 0. The molecule has 0 atom stereocenters. The van der Waals surface area contributed by atoms with Crippen molar-refractivity contribution in [1.82, 2.24) is 0 Å². The van der Waals surface area contributed by atoms with E-state index >= 15 is 0 Å². The summed E-state index contributed by atoms with van der Waals surface area (Å²) >= 11 is 12.2. The van der Waals surface area contributed by atoms with Gasteiger partial charge in [0.1, 0.15) is 11.9 Å². The maximum absolute atomic E-state index is 6.10. The Morgan fingerprint density at radius 2 is 1.52 bits per heavy atom. The fourth-order valence-electron chi connectivity index (χ4n) is 2.10. The van der Waals surface area contributed by atoms with E-state index in [1.54, 1.807) is 0 Å². The molecule has 0 aliphatic carbocycles. The first-order valence-corrected chi connectivity index (χ1v) is 8.32. The zero-order chi connectivity index (χ0) is 17.9. The minimum atomic E-state index is 0.290. The van der Waals surface area contributed by atoms with Gasteiger partial charge in [-0.1, -0.05) is 30.3 Å². The molecule has 0 aromatic heterocycles. The van der Waals surface area contributed by atoms with Crippen molar-refractivity contribution in [3.8, 4) is 64.9 Å². The van der Waals surface area contributed by atoms with Gasteiger partial charge in [0.2, 0.25) is 0 Å². The lowest BCUT2D eigenvalue weighted by atomic mass is 9.98. The number of hydrogen-bond acceptors (Lipinski definition) is 1. The minimum absolute atomic E-state index is 0.290. The van der Waals surface area contributed by atoms with E-state index in [9.17, 15) is 0 Å². The number of ether oxygens (including phenoxy) is 1. The Hall–Kier alpha value is -2.94. The lowest BCUT2D eigenvalue weighted by Gasteiger charge is -2.12. The van der Waals surface area contributed by atoms with Crippen LogP contribution in [0.1, 0.15) is 11.1 Å². The molecule has 2 aromatic carbocycles. The van der Waals surface area contributed by atoms with Gasteiger partial charge >= 0.3 is 0 Å². The average molecular weight is 363 g/mol. The zero-order valence-corrected chi connectivity index (χ0v) is 14.7. The largest absolute Gasteiger partial charge is 0.406 e. The van der Waals surface area contributed by atoms with Crippen LogP contribution in [-0.4, -0.2) is 0 Å². The maximum atomic E-state index is 6.10. The first-order valence-electron chi connectivity index (χ1n) is 7.25. The van der Waals surface area contributed by atoms with Crippen LogP contribution < -0.4 is 4.74 Å². The number of terminal acetylenes is 1. The van der Waals surface area contributed by atoms with Gasteiger partial charge < -0.3 is 4.74 Å². The Kier molecular flexibility index (Phi) is 7.39. The van der Waals surface area contributed by atoms with Gasteiger partial charge in [0.15, 0.2) is 0 Å². The molecule has 0 heterocycles. The molecule has 2 aromatic rings. The third-order valence-corrected chi connectivity index (χ3v) is 3.77. The molecule has 0 radical (unpaired) electrons. The second kappa shape index (κ2) is 10.0. The van der Waals surface area contributed by atoms with Crippen molar-refractivity contribution < 1.29 is 4.74 Å². The summed E-state index contributed by atoms with van der Waals surface area (Å²) in [6.07, 6.45) is 7.50.